The largest absolute Gasteiger partial charge is 0.461 e. The summed E-state index contributed by atoms with van der Waals surface area (Å²) >= 11 is 0. The number of aromatic nitrogens is 1. The van der Waals surface area contributed by atoms with E-state index >= 15 is 0 Å². The Morgan fingerprint density at radius 1 is 1.56 bits per heavy atom. The third kappa shape index (κ3) is 4.28. The normalized spacial score (nSPS) is 10.3. The first-order valence-electron chi connectivity index (χ1n) is 5.28. The predicted octanol–water partition coefficient (Wildman–Crippen LogP) is 1.22. The van der Waals surface area contributed by atoms with Crippen molar-refractivity contribution in [1.29, 1.82) is 0 Å². The quantitative estimate of drug-likeness (QED) is 0.794. The molecule has 98 valence electrons. The summed E-state index contributed by atoms with van der Waals surface area (Å²) in [6, 6.07) is 0. The second-order valence-electron chi connectivity index (χ2n) is 3.07. The van der Waals surface area contributed by atoms with Gasteiger partial charge in [0.25, 0.3) is 0 Å². The molecule has 0 saturated carbocycles. The van der Waals surface area contributed by atoms with E-state index in [1.54, 1.807) is 13.0 Å². The van der Waals surface area contributed by atoms with E-state index in [9.17, 15) is 9.59 Å². The number of alkyl carbamates (subject to hydrolysis) is 1. The number of amides is 1. The molecule has 0 aliphatic heterocycles. The standard InChI is InChI=1S/C11H14N2O5/c1-3-17-10(14)8-7-18-9(13-8)5-4-6-12-11(15)16-2/h4-5,7H,3,6H2,1-2H3,(H,12,15)/b5-4-. The van der Waals surface area contributed by atoms with Gasteiger partial charge in [-0.3, -0.25) is 0 Å². The highest BCUT2D eigenvalue weighted by Crippen LogP contribution is 2.05. The number of nitrogens with zero attached hydrogens (tertiary/aromatic N) is 1. The fourth-order valence-electron chi connectivity index (χ4n) is 1.04. The molecule has 0 atom stereocenters. The summed E-state index contributed by atoms with van der Waals surface area (Å²) in [5.74, 6) is -0.279. The lowest BCUT2D eigenvalue weighted by molar-refractivity contribution is 0.0519. The van der Waals surface area contributed by atoms with Gasteiger partial charge in [0, 0.05) is 6.54 Å². The smallest absolute Gasteiger partial charge is 0.407 e. The Kier molecular flexibility index (Phi) is 5.43. The molecule has 0 aromatic carbocycles. The number of rotatable bonds is 5. The molecule has 1 aromatic rings. The average molecular weight is 254 g/mol. The maximum Gasteiger partial charge on any atom is 0.407 e. The number of hydrogen-bond acceptors (Lipinski definition) is 6. The van der Waals surface area contributed by atoms with Gasteiger partial charge < -0.3 is 19.2 Å². The van der Waals surface area contributed by atoms with Crippen LogP contribution in [0, 0.1) is 0 Å². The highest BCUT2D eigenvalue weighted by atomic mass is 16.5. The number of ether oxygens (including phenoxy) is 2. The second-order valence-corrected chi connectivity index (χ2v) is 3.07. The summed E-state index contributed by atoms with van der Waals surface area (Å²) < 4.78 is 14.2. The van der Waals surface area contributed by atoms with Crippen molar-refractivity contribution in [2.24, 2.45) is 0 Å². The maximum atomic E-state index is 11.3. The monoisotopic (exact) mass is 254 g/mol. The maximum absolute atomic E-state index is 11.3. The first-order valence-corrected chi connectivity index (χ1v) is 5.28. The lowest BCUT2D eigenvalue weighted by atomic mass is 10.4. The van der Waals surface area contributed by atoms with Gasteiger partial charge in [0.15, 0.2) is 5.69 Å². The molecule has 0 fully saturated rings. The fraction of sp³-hybridized carbons (Fsp3) is 0.364. The molecule has 1 rings (SSSR count). The molecule has 1 amide bonds. The third-order valence-corrected chi connectivity index (χ3v) is 1.82. The number of nitrogens with one attached hydrogen (secondary N) is 1. The number of esters is 1. The zero-order valence-electron chi connectivity index (χ0n) is 10.1. The van der Waals surface area contributed by atoms with Gasteiger partial charge in [-0.2, -0.15) is 0 Å². The van der Waals surface area contributed by atoms with Crippen LogP contribution in [0.4, 0.5) is 4.79 Å². The van der Waals surface area contributed by atoms with E-state index in [4.69, 9.17) is 9.15 Å². The molecule has 7 heteroatoms. The molecule has 0 saturated heterocycles. The predicted molar refractivity (Wildman–Crippen MR) is 61.9 cm³/mol. The highest BCUT2D eigenvalue weighted by Gasteiger charge is 2.11. The van der Waals surface area contributed by atoms with Crippen molar-refractivity contribution in [3.63, 3.8) is 0 Å². The van der Waals surface area contributed by atoms with E-state index in [-0.39, 0.29) is 24.7 Å². The Bertz CT molecular complexity index is 438. The van der Waals surface area contributed by atoms with Crippen LogP contribution in [0.1, 0.15) is 23.3 Å². The van der Waals surface area contributed by atoms with Crippen LogP contribution in [0.15, 0.2) is 16.8 Å². The molecule has 1 N–H and O–H groups in total. The van der Waals surface area contributed by atoms with Gasteiger partial charge in [-0.05, 0) is 13.0 Å². The highest BCUT2D eigenvalue weighted by molar-refractivity contribution is 5.87. The molecule has 0 aliphatic rings. The zero-order chi connectivity index (χ0) is 13.4. The second kappa shape index (κ2) is 7.10. The molecule has 0 aliphatic carbocycles. The van der Waals surface area contributed by atoms with Crippen LogP contribution in [0.5, 0.6) is 0 Å². The van der Waals surface area contributed by atoms with Gasteiger partial charge >= 0.3 is 12.1 Å². The number of carbonyl (C=O) groups is 2. The number of hydrogen-bond donors (Lipinski definition) is 1. The van der Waals surface area contributed by atoms with Crippen LogP contribution in [0.3, 0.4) is 0 Å². The Balaban J connectivity index is 2.46. The summed E-state index contributed by atoms with van der Waals surface area (Å²) in [7, 11) is 1.28. The molecule has 0 bridgehead atoms. The number of carbonyl (C=O) groups excluding carboxylic acids is 2. The number of oxazole rings is 1. The van der Waals surface area contributed by atoms with Crippen molar-refractivity contribution < 1.29 is 23.5 Å². The fourth-order valence-corrected chi connectivity index (χ4v) is 1.04. The van der Waals surface area contributed by atoms with Gasteiger partial charge in [0.1, 0.15) is 6.26 Å². The summed E-state index contributed by atoms with van der Waals surface area (Å²) in [5, 5.41) is 2.44. The van der Waals surface area contributed by atoms with E-state index in [0.717, 1.165) is 0 Å². The van der Waals surface area contributed by atoms with Crippen LogP contribution in [0.25, 0.3) is 6.08 Å². The van der Waals surface area contributed by atoms with Crippen molar-refractivity contribution in [3.8, 4) is 0 Å². The van der Waals surface area contributed by atoms with Crippen molar-refractivity contribution in [2.45, 2.75) is 6.92 Å². The van der Waals surface area contributed by atoms with Crippen molar-refractivity contribution >= 4 is 18.1 Å². The van der Waals surface area contributed by atoms with Crippen LogP contribution in [-0.2, 0) is 9.47 Å². The molecular formula is C11H14N2O5. The first-order chi connectivity index (χ1) is 8.67. The SMILES string of the molecule is CCOC(=O)c1coc(/C=C\CNC(=O)OC)n1. The van der Waals surface area contributed by atoms with Crippen LogP contribution >= 0.6 is 0 Å². The Hall–Kier alpha value is -2.31. The van der Waals surface area contributed by atoms with E-state index in [1.165, 1.54) is 19.4 Å². The number of methoxy groups -OCH3 is 1. The van der Waals surface area contributed by atoms with Gasteiger partial charge in [0.05, 0.1) is 13.7 Å². The topological polar surface area (TPSA) is 90.7 Å². The molecule has 18 heavy (non-hydrogen) atoms. The third-order valence-electron chi connectivity index (χ3n) is 1.82. The van der Waals surface area contributed by atoms with Crippen molar-refractivity contribution in [2.75, 3.05) is 20.3 Å². The van der Waals surface area contributed by atoms with E-state index in [2.05, 4.69) is 15.0 Å². The molecular weight excluding hydrogens is 240 g/mol. The average Bonchev–Trinajstić information content (AvgIpc) is 2.83. The molecule has 7 nitrogen and oxygen atoms in total. The summed E-state index contributed by atoms with van der Waals surface area (Å²) in [6.45, 7) is 2.25. The molecule has 0 spiro atoms. The van der Waals surface area contributed by atoms with Gasteiger partial charge in [-0.1, -0.05) is 6.08 Å². The van der Waals surface area contributed by atoms with Crippen LogP contribution in [-0.4, -0.2) is 37.3 Å². The lowest BCUT2D eigenvalue weighted by Crippen LogP contribution is -2.22. The van der Waals surface area contributed by atoms with Gasteiger partial charge in [-0.25, -0.2) is 14.6 Å². The van der Waals surface area contributed by atoms with E-state index in [0.29, 0.717) is 0 Å². The molecule has 1 heterocycles. The van der Waals surface area contributed by atoms with Crippen molar-refractivity contribution in [3.05, 3.63) is 23.9 Å². The van der Waals surface area contributed by atoms with Crippen LogP contribution < -0.4 is 5.32 Å². The zero-order valence-corrected chi connectivity index (χ0v) is 10.1. The van der Waals surface area contributed by atoms with Gasteiger partial charge in [-0.15, -0.1) is 0 Å². The summed E-state index contributed by atoms with van der Waals surface area (Å²) in [5.41, 5.74) is 0.109. The summed E-state index contributed by atoms with van der Waals surface area (Å²) in [4.78, 5) is 25.9. The molecule has 0 unspecified atom stereocenters. The van der Waals surface area contributed by atoms with Crippen molar-refractivity contribution in [1.82, 2.24) is 10.3 Å². The van der Waals surface area contributed by atoms with Crippen LogP contribution in [0.2, 0.25) is 0 Å². The first kappa shape index (κ1) is 13.8. The molecule has 1 aromatic heterocycles. The minimum atomic E-state index is -0.534. The Morgan fingerprint density at radius 3 is 3.00 bits per heavy atom. The minimum absolute atomic E-state index is 0.109. The Labute approximate surface area is 104 Å². The van der Waals surface area contributed by atoms with E-state index < -0.39 is 12.1 Å². The lowest BCUT2D eigenvalue weighted by Gasteiger charge is -1.97. The van der Waals surface area contributed by atoms with E-state index in [1.807, 2.05) is 0 Å². The minimum Gasteiger partial charge on any atom is -0.461 e. The molecule has 0 radical (unpaired) electrons. The summed E-state index contributed by atoms with van der Waals surface area (Å²) in [6.07, 6.45) is 3.82. The van der Waals surface area contributed by atoms with Gasteiger partial charge in [0.2, 0.25) is 5.89 Å². The Morgan fingerprint density at radius 2 is 2.33 bits per heavy atom.